The maximum absolute atomic E-state index is 12.2. The van der Waals surface area contributed by atoms with E-state index in [1.165, 1.54) is 0 Å². The standard InChI is InChI=1S/C20H31Cl2N3O3/c1-20(2,3)28-14-16(26)13-25-10-8-24(9-11-25)7-6-23-19(27)17-5-4-15(21)12-18(17)22/h4-5,12,16,26H,6-11,13-14H2,1-3H3,(H,23,27). The summed E-state index contributed by atoms with van der Waals surface area (Å²) >= 11 is 11.9. The number of carbonyl (C=O) groups excluding carboxylic acids is 1. The van der Waals surface area contributed by atoms with Gasteiger partial charge in [0.25, 0.3) is 5.91 Å². The van der Waals surface area contributed by atoms with Gasteiger partial charge in [0, 0.05) is 50.8 Å². The van der Waals surface area contributed by atoms with Crippen molar-refractivity contribution in [1.82, 2.24) is 15.1 Å². The van der Waals surface area contributed by atoms with E-state index in [2.05, 4.69) is 15.1 Å². The van der Waals surface area contributed by atoms with Gasteiger partial charge in [-0.1, -0.05) is 23.2 Å². The van der Waals surface area contributed by atoms with Crippen molar-refractivity contribution in [1.29, 1.82) is 0 Å². The smallest absolute Gasteiger partial charge is 0.252 e. The molecule has 8 heteroatoms. The van der Waals surface area contributed by atoms with Gasteiger partial charge in [-0.25, -0.2) is 0 Å². The Kier molecular flexibility index (Phi) is 8.99. The molecule has 1 heterocycles. The summed E-state index contributed by atoms with van der Waals surface area (Å²) in [5.74, 6) is -0.192. The first-order chi connectivity index (χ1) is 13.1. The second-order valence-corrected chi connectivity index (χ2v) is 8.94. The predicted octanol–water partition coefficient (Wildman–Crippen LogP) is 2.52. The molecule has 0 aliphatic carbocycles. The molecule has 1 fully saturated rings. The summed E-state index contributed by atoms with van der Waals surface area (Å²) in [6, 6.07) is 4.86. The van der Waals surface area contributed by atoms with Crippen molar-refractivity contribution >= 4 is 29.1 Å². The maximum Gasteiger partial charge on any atom is 0.252 e. The zero-order valence-corrected chi connectivity index (χ0v) is 18.4. The van der Waals surface area contributed by atoms with Crippen LogP contribution in [0.3, 0.4) is 0 Å². The van der Waals surface area contributed by atoms with Gasteiger partial charge in [0.1, 0.15) is 0 Å². The highest BCUT2D eigenvalue weighted by Crippen LogP contribution is 2.20. The molecular formula is C20H31Cl2N3O3. The van der Waals surface area contributed by atoms with Crippen molar-refractivity contribution in [2.45, 2.75) is 32.5 Å². The average molecular weight is 432 g/mol. The lowest BCUT2D eigenvalue weighted by molar-refractivity contribution is -0.0585. The van der Waals surface area contributed by atoms with Crippen LogP contribution in [-0.2, 0) is 4.74 Å². The molecule has 1 aromatic rings. The third-order valence-electron chi connectivity index (χ3n) is 4.53. The maximum atomic E-state index is 12.2. The number of ether oxygens (including phenoxy) is 1. The van der Waals surface area contributed by atoms with Crippen LogP contribution in [0.4, 0.5) is 0 Å². The van der Waals surface area contributed by atoms with Crippen molar-refractivity contribution in [3.05, 3.63) is 33.8 Å². The first-order valence-corrected chi connectivity index (χ1v) is 10.4. The Hall–Kier alpha value is -0.890. The van der Waals surface area contributed by atoms with E-state index in [9.17, 15) is 9.90 Å². The Labute approximate surface area is 177 Å². The summed E-state index contributed by atoms with van der Waals surface area (Å²) in [6.07, 6.45) is -0.478. The number of rotatable bonds is 8. The molecule has 1 amide bonds. The Morgan fingerprint density at radius 3 is 2.46 bits per heavy atom. The summed E-state index contributed by atoms with van der Waals surface area (Å²) in [5.41, 5.74) is 0.197. The van der Waals surface area contributed by atoms with Gasteiger partial charge in [0.2, 0.25) is 0 Å². The lowest BCUT2D eigenvalue weighted by atomic mass is 10.2. The predicted molar refractivity (Wildman–Crippen MR) is 113 cm³/mol. The topological polar surface area (TPSA) is 65.0 Å². The van der Waals surface area contributed by atoms with Crippen molar-refractivity contribution < 1.29 is 14.6 Å². The molecule has 1 aliphatic rings. The van der Waals surface area contributed by atoms with E-state index in [4.69, 9.17) is 27.9 Å². The monoisotopic (exact) mass is 431 g/mol. The van der Waals surface area contributed by atoms with E-state index in [-0.39, 0.29) is 11.5 Å². The van der Waals surface area contributed by atoms with Crippen LogP contribution in [0.15, 0.2) is 18.2 Å². The van der Waals surface area contributed by atoms with Gasteiger partial charge in [0.05, 0.1) is 28.9 Å². The van der Waals surface area contributed by atoms with E-state index in [0.29, 0.717) is 35.3 Å². The summed E-state index contributed by atoms with van der Waals surface area (Å²) in [7, 11) is 0. The van der Waals surface area contributed by atoms with Gasteiger partial charge < -0.3 is 15.2 Å². The fourth-order valence-electron chi connectivity index (χ4n) is 2.99. The minimum Gasteiger partial charge on any atom is -0.389 e. The zero-order valence-electron chi connectivity index (χ0n) is 16.9. The van der Waals surface area contributed by atoms with Crippen LogP contribution in [-0.4, -0.2) is 84.9 Å². The zero-order chi connectivity index (χ0) is 20.7. The number of aliphatic hydroxyl groups excluding tert-OH is 1. The van der Waals surface area contributed by atoms with Crippen LogP contribution in [0.1, 0.15) is 31.1 Å². The van der Waals surface area contributed by atoms with Gasteiger partial charge in [-0.15, -0.1) is 0 Å². The molecule has 0 saturated carbocycles. The number of piperazine rings is 1. The molecule has 1 aromatic carbocycles. The van der Waals surface area contributed by atoms with E-state index in [1.54, 1.807) is 18.2 Å². The first kappa shape index (κ1) is 23.4. The van der Waals surface area contributed by atoms with Gasteiger partial charge in [-0.2, -0.15) is 0 Å². The lowest BCUT2D eigenvalue weighted by Crippen LogP contribution is -2.50. The summed E-state index contributed by atoms with van der Waals surface area (Å²) in [5, 5.41) is 13.9. The number of nitrogens with one attached hydrogen (secondary N) is 1. The number of β-amino-alcohol motifs (C(OH)–C–C–N with tert-alkyl or cyclic N) is 1. The number of nitrogens with zero attached hydrogens (tertiary/aromatic N) is 2. The second-order valence-electron chi connectivity index (χ2n) is 8.10. The Morgan fingerprint density at radius 2 is 1.86 bits per heavy atom. The highest BCUT2D eigenvalue weighted by Gasteiger charge is 2.21. The summed E-state index contributed by atoms with van der Waals surface area (Å²) in [4.78, 5) is 16.8. The summed E-state index contributed by atoms with van der Waals surface area (Å²) in [6.45, 7) is 11.9. The molecule has 2 rings (SSSR count). The number of hydrogen-bond acceptors (Lipinski definition) is 5. The molecule has 158 valence electrons. The summed E-state index contributed by atoms with van der Waals surface area (Å²) < 4.78 is 5.64. The van der Waals surface area contributed by atoms with Gasteiger partial charge in [-0.05, 0) is 39.0 Å². The van der Waals surface area contributed by atoms with E-state index >= 15 is 0 Å². The third kappa shape index (κ3) is 8.23. The van der Waals surface area contributed by atoms with Gasteiger partial charge in [0.15, 0.2) is 0 Å². The largest absolute Gasteiger partial charge is 0.389 e. The molecule has 1 unspecified atom stereocenters. The Bertz CT molecular complexity index is 644. The number of benzene rings is 1. The van der Waals surface area contributed by atoms with Crippen LogP contribution >= 0.6 is 23.2 Å². The lowest BCUT2D eigenvalue weighted by Gasteiger charge is -2.35. The average Bonchev–Trinajstić information content (AvgIpc) is 2.61. The van der Waals surface area contributed by atoms with Crippen LogP contribution < -0.4 is 5.32 Å². The molecule has 2 N–H and O–H groups in total. The van der Waals surface area contributed by atoms with Crippen molar-refractivity contribution in [3.8, 4) is 0 Å². The number of halogens is 2. The van der Waals surface area contributed by atoms with E-state index < -0.39 is 6.10 Å². The highest BCUT2D eigenvalue weighted by atomic mass is 35.5. The third-order valence-corrected chi connectivity index (χ3v) is 5.08. The van der Waals surface area contributed by atoms with Crippen molar-refractivity contribution in [2.24, 2.45) is 0 Å². The molecule has 1 atom stereocenters. The number of hydrogen-bond donors (Lipinski definition) is 2. The number of amides is 1. The Balaban J connectivity index is 1.64. The molecule has 1 aliphatic heterocycles. The SMILES string of the molecule is CC(C)(C)OCC(O)CN1CCN(CCNC(=O)c2ccc(Cl)cc2Cl)CC1. The van der Waals surface area contributed by atoms with Crippen LogP contribution in [0.25, 0.3) is 0 Å². The molecular weight excluding hydrogens is 401 g/mol. The fourth-order valence-corrected chi connectivity index (χ4v) is 3.48. The van der Waals surface area contributed by atoms with E-state index in [1.807, 2.05) is 20.8 Å². The molecule has 0 aromatic heterocycles. The van der Waals surface area contributed by atoms with Crippen LogP contribution in [0.5, 0.6) is 0 Å². The fraction of sp³-hybridized carbons (Fsp3) is 0.650. The Morgan fingerprint density at radius 1 is 1.21 bits per heavy atom. The molecule has 0 bridgehead atoms. The quantitative estimate of drug-likeness (QED) is 0.661. The van der Waals surface area contributed by atoms with Crippen LogP contribution in [0, 0.1) is 0 Å². The van der Waals surface area contributed by atoms with Crippen LogP contribution in [0.2, 0.25) is 10.0 Å². The minimum atomic E-state index is -0.478. The molecule has 6 nitrogen and oxygen atoms in total. The molecule has 0 spiro atoms. The van der Waals surface area contributed by atoms with Crippen molar-refractivity contribution in [2.75, 3.05) is 52.4 Å². The molecule has 28 heavy (non-hydrogen) atoms. The van der Waals surface area contributed by atoms with Crippen molar-refractivity contribution in [3.63, 3.8) is 0 Å². The minimum absolute atomic E-state index is 0.192. The highest BCUT2D eigenvalue weighted by molar-refractivity contribution is 6.36. The van der Waals surface area contributed by atoms with Gasteiger partial charge in [-0.3, -0.25) is 14.6 Å². The second kappa shape index (κ2) is 10.8. The number of carbonyl (C=O) groups is 1. The van der Waals surface area contributed by atoms with E-state index in [0.717, 1.165) is 32.7 Å². The van der Waals surface area contributed by atoms with Gasteiger partial charge >= 0.3 is 0 Å². The first-order valence-electron chi connectivity index (χ1n) is 9.64. The normalized spacial score (nSPS) is 17.5. The molecule has 1 saturated heterocycles. The molecule has 0 radical (unpaired) electrons. The number of aliphatic hydroxyl groups is 1.